The third kappa shape index (κ3) is 2.77. The third-order valence-electron chi connectivity index (χ3n) is 3.68. The number of hydrogen-bond donors (Lipinski definition) is 1. The predicted molar refractivity (Wildman–Crippen MR) is 77.6 cm³/mol. The normalized spacial score (nSPS) is 24.8. The molecule has 0 bridgehead atoms. The maximum Gasteiger partial charge on any atom is 0.246 e. The van der Waals surface area contributed by atoms with Gasteiger partial charge < -0.3 is 5.73 Å². The molecule has 1 aromatic rings. The number of nitrogen functional groups attached to an aromatic ring is 1. The lowest BCUT2D eigenvalue weighted by molar-refractivity contribution is 0.217. The first kappa shape index (κ1) is 15.5. The van der Waals surface area contributed by atoms with Crippen molar-refractivity contribution in [2.75, 3.05) is 12.3 Å². The summed E-state index contributed by atoms with van der Waals surface area (Å²) in [5.74, 6) is -0.680. The fourth-order valence-electron chi connectivity index (χ4n) is 2.48. The van der Waals surface area contributed by atoms with Crippen LogP contribution in [0.3, 0.4) is 0 Å². The number of anilines is 1. The van der Waals surface area contributed by atoms with Crippen LogP contribution in [0.2, 0.25) is 5.02 Å². The van der Waals surface area contributed by atoms with Crippen molar-refractivity contribution in [1.29, 1.82) is 0 Å². The van der Waals surface area contributed by atoms with Gasteiger partial charge in [0.25, 0.3) is 0 Å². The van der Waals surface area contributed by atoms with E-state index in [4.69, 9.17) is 17.3 Å². The van der Waals surface area contributed by atoms with Crippen molar-refractivity contribution in [3.05, 3.63) is 23.0 Å². The highest BCUT2D eigenvalue weighted by atomic mass is 35.5. The molecule has 0 amide bonds. The molecule has 1 aliphatic rings. The maximum atomic E-state index is 14.1. The van der Waals surface area contributed by atoms with Crippen molar-refractivity contribution in [1.82, 2.24) is 4.31 Å². The van der Waals surface area contributed by atoms with Gasteiger partial charge in [-0.25, -0.2) is 12.8 Å². The molecular weight excluding hydrogens is 303 g/mol. The number of nitrogens with zero attached hydrogens (tertiary/aromatic N) is 1. The molecule has 2 N–H and O–H groups in total. The second kappa shape index (κ2) is 5.50. The van der Waals surface area contributed by atoms with Crippen LogP contribution in [0, 0.1) is 11.7 Å². The van der Waals surface area contributed by atoms with E-state index in [1.54, 1.807) is 0 Å². The molecule has 1 fully saturated rings. The summed E-state index contributed by atoms with van der Waals surface area (Å²) >= 11 is 5.80. The Hall–Kier alpha value is -0.850. The van der Waals surface area contributed by atoms with Gasteiger partial charge >= 0.3 is 0 Å². The molecule has 1 aromatic carbocycles. The summed E-state index contributed by atoms with van der Waals surface area (Å²) in [6.07, 6.45) is 1.73. The van der Waals surface area contributed by atoms with Crippen LogP contribution in [-0.4, -0.2) is 25.3 Å². The van der Waals surface area contributed by atoms with Gasteiger partial charge in [0.15, 0.2) is 5.82 Å². The number of rotatable bonds is 2. The maximum absolute atomic E-state index is 14.1. The van der Waals surface area contributed by atoms with Gasteiger partial charge in [-0.1, -0.05) is 18.5 Å². The molecule has 0 spiro atoms. The number of hydrogen-bond acceptors (Lipinski definition) is 3. The van der Waals surface area contributed by atoms with Crippen molar-refractivity contribution in [3.63, 3.8) is 0 Å². The van der Waals surface area contributed by atoms with Crippen molar-refractivity contribution in [2.24, 2.45) is 5.92 Å². The molecule has 7 heteroatoms. The zero-order valence-corrected chi connectivity index (χ0v) is 13.0. The van der Waals surface area contributed by atoms with E-state index in [1.807, 2.05) is 13.8 Å². The lowest BCUT2D eigenvalue weighted by atomic mass is 9.97. The average Bonchev–Trinajstić information content (AvgIpc) is 2.36. The zero-order chi connectivity index (χ0) is 15.1. The topological polar surface area (TPSA) is 63.4 Å². The van der Waals surface area contributed by atoms with Crippen LogP contribution in [0.4, 0.5) is 10.1 Å². The second-order valence-electron chi connectivity index (χ2n) is 5.41. The molecule has 0 aromatic heterocycles. The number of sulfonamides is 1. The fraction of sp³-hybridized carbons (Fsp3) is 0.538. The number of benzene rings is 1. The van der Waals surface area contributed by atoms with Gasteiger partial charge in [-0.2, -0.15) is 4.31 Å². The van der Waals surface area contributed by atoms with Gasteiger partial charge in [-0.05, 0) is 37.8 Å². The minimum Gasteiger partial charge on any atom is -0.396 e. The molecule has 2 rings (SSSR count). The lowest BCUT2D eigenvalue weighted by Gasteiger charge is -2.35. The van der Waals surface area contributed by atoms with Crippen LogP contribution >= 0.6 is 11.6 Å². The first-order valence-electron chi connectivity index (χ1n) is 6.50. The summed E-state index contributed by atoms with van der Waals surface area (Å²) in [5, 5.41) is 0.111. The smallest absolute Gasteiger partial charge is 0.246 e. The quantitative estimate of drug-likeness (QED) is 0.852. The summed E-state index contributed by atoms with van der Waals surface area (Å²) in [4.78, 5) is -0.441. The van der Waals surface area contributed by atoms with Crippen LogP contribution in [0.25, 0.3) is 0 Å². The summed E-state index contributed by atoms with van der Waals surface area (Å²) in [5.41, 5.74) is 5.21. The Kier molecular flexibility index (Phi) is 4.27. The van der Waals surface area contributed by atoms with Crippen LogP contribution < -0.4 is 5.73 Å². The number of piperidine rings is 1. The van der Waals surface area contributed by atoms with Gasteiger partial charge in [0.05, 0.1) is 5.69 Å². The molecule has 2 unspecified atom stereocenters. The molecule has 0 saturated carbocycles. The largest absolute Gasteiger partial charge is 0.396 e. The van der Waals surface area contributed by atoms with Crippen LogP contribution in [0.5, 0.6) is 0 Å². The van der Waals surface area contributed by atoms with Gasteiger partial charge in [0, 0.05) is 17.6 Å². The van der Waals surface area contributed by atoms with Crippen LogP contribution in [0.1, 0.15) is 26.7 Å². The minimum atomic E-state index is -3.93. The highest BCUT2D eigenvalue weighted by molar-refractivity contribution is 7.89. The van der Waals surface area contributed by atoms with E-state index in [-0.39, 0.29) is 22.7 Å². The predicted octanol–water partition coefficient (Wildman–Crippen LogP) is 2.87. The molecule has 0 aliphatic carbocycles. The first-order valence-corrected chi connectivity index (χ1v) is 8.31. The van der Waals surface area contributed by atoms with Crippen molar-refractivity contribution >= 4 is 27.3 Å². The Morgan fingerprint density at radius 1 is 1.35 bits per heavy atom. The summed E-state index contributed by atoms with van der Waals surface area (Å²) in [6, 6.07) is 2.17. The van der Waals surface area contributed by atoms with Crippen molar-refractivity contribution < 1.29 is 12.8 Å². The molecule has 2 atom stereocenters. The molecule has 1 aliphatic heterocycles. The Bertz CT molecular complexity index is 621. The van der Waals surface area contributed by atoms with E-state index in [0.29, 0.717) is 6.54 Å². The molecule has 20 heavy (non-hydrogen) atoms. The number of nitrogens with two attached hydrogens (primary N) is 1. The monoisotopic (exact) mass is 320 g/mol. The minimum absolute atomic E-state index is 0.111. The van der Waals surface area contributed by atoms with E-state index >= 15 is 0 Å². The highest BCUT2D eigenvalue weighted by Crippen LogP contribution is 2.32. The fourth-order valence-corrected chi connectivity index (χ4v) is 4.68. The van der Waals surface area contributed by atoms with E-state index < -0.39 is 20.7 Å². The van der Waals surface area contributed by atoms with Gasteiger partial charge in [0.2, 0.25) is 10.0 Å². The second-order valence-corrected chi connectivity index (χ2v) is 7.71. The zero-order valence-electron chi connectivity index (χ0n) is 11.4. The lowest BCUT2D eigenvalue weighted by Crippen LogP contribution is -2.45. The molecule has 1 saturated heterocycles. The van der Waals surface area contributed by atoms with Gasteiger partial charge in [0.1, 0.15) is 4.90 Å². The van der Waals surface area contributed by atoms with Crippen molar-refractivity contribution in [3.8, 4) is 0 Å². The number of halogens is 2. The van der Waals surface area contributed by atoms with Gasteiger partial charge in [-0.15, -0.1) is 0 Å². The van der Waals surface area contributed by atoms with Crippen molar-refractivity contribution in [2.45, 2.75) is 37.6 Å². The third-order valence-corrected chi connectivity index (χ3v) is 5.88. The van der Waals surface area contributed by atoms with E-state index in [0.717, 1.165) is 18.9 Å². The SMILES string of the molecule is CC1CCC(C)N(S(=O)(=O)c2cc(Cl)cc(N)c2F)C1. The Morgan fingerprint density at radius 3 is 2.65 bits per heavy atom. The molecule has 112 valence electrons. The summed E-state index contributed by atoms with van der Waals surface area (Å²) in [6.45, 7) is 4.20. The summed E-state index contributed by atoms with van der Waals surface area (Å²) < 4.78 is 40.7. The van der Waals surface area contributed by atoms with Crippen LogP contribution in [-0.2, 0) is 10.0 Å². The van der Waals surface area contributed by atoms with Gasteiger partial charge in [-0.3, -0.25) is 0 Å². The Morgan fingerprint density at radius 2 is 2.00 bits per heavy atom. The van der Waals surface area contributed by atoms with E-state index in [2.05, 4.69) is 0 Å². The van der Waals surface area contributed by atoms with E-state index in [1.165, 1.54) is 10.4 Å². The first-order chi connectivity index (χ1) is 9.23. The standard InChI is InChI=1S/C13H18ClFN2O2S/c1-8-3-4-9(2)17(7-8)20(18,19)12-6-10(14)5-11(16)13(12)15/h5-6,8-9H,3-4,7,16H2,1-2H3. The molecule has 4 nitrogen and oxygen atoms in total. The molecule has 1 heterocycles. The Labute approximate surface area is 123 Å². The molecular formula is C13H18ClFN2O2S. The van der Waals surface area contributed by atoms with Crippen LogP contribution in [0.15, 0.2) is 17.0 Å². The Balaban J connectivity index is 2.50. The van der Waals surface area contributed by atoms with E-state index in [9.17, 15) is 12.8 Å². The molecule has 0 radical (unpaired) electrons. The highest BCUT2D eigenvalue weighted by Gasteiger charge is 2.35. The summed E-state index contributed by atoms with van der Waals surface area (Å²) in [7, 11) is -3.93. The average molecular weight is 321 g/mol.